The Balaban J connectivity index is 1.99. The van der Waals surface area contributed by atoms with Gasteiger partial charge in [-0.2, -0.15) is 0 Å². The second kappa shape index (κ2) is 7.75. The lowest BCUT2D eigenvalue weighted by molar-refractivity contribution is -0.119. The van der Waals surface area contributed by atoms with E-state index in [0.717, 1.165) is 29.7 Å². The SMILES string of the molecule is CCc1cccc(CC)c1NC(=O)COC(=O)c1cccs1. The first-order valence-corrected chi connectivity index (χ1v) is 8.14. The second-order valence-corrected chi connectivity index (χ2v) is 5.71. The predicted molar refractivity (Wildman–Crippen MR) is 88.4 cm³/mol. The molecule has 2 rings (SSSR count). The molecule has 1 aromatic carbocycles. The quantitative estimate of drug-likeness (QED) is 0.827. The molecular formula is C17H19NO3S. The van der Waals surface area contributed by atoms with Gasteiger partial charge in [0.05, 0.1) is 0 Å². The van der Waals surface area contributed by atoms with Crippen LogP contribution in [0.15, 0.2) is 35.7 Å². The molecule has 116 valence electrons. The van der Waals surface area contributed by atoms with Crippen LogP contribution in [0.2, 0.25) is 0 Å². The minimum Gasteiger partial charge on any atom is -0.451 e. The summed E-state index contributed by atoms with van der Waals surface area (Å²) in [5.41, 5.74) is 3.00. The van der Waals surface area contributed by atoms with Crippen molar-refractivity contribution in [2.75, 3.05) is 11.9 Å². The van der Waals surface area contributed by atoms with Crippen LogP contribution < -0.4 is 5.32 Å². The number of aryl methyl sites for hydroxylation is 2. The maximum absolute atomic E-state index is 12.0. The number of thiophene rings is 1. The molecule has 0 radical (unpaired) electrons. The van der Waals surface area contributed by atoms with Crippen molar-refractivity contribution in [3.05, 3.63) is 51.7 Å². The molecule has 22 heavy (non-hydrogen) atoms. The van der Waals surface area contributed by atoms with Crippen LogP contribution in [-0.2, 0) is 22.4 Å². The van der Waals surface area contributed by atoms with E-state index < -0.39 is 5.97 Å². The fourth-order valence-electron chi connectivity index (χ4n) is 2.18. The van der Waals surface area contributed by atoms with Gasteiger partial charge in [-0.25, -0.2) is 4.79 Å². The van der Waals surface area contributed by atoms with Crippen LogP contribution in [0, 0.1) is 0 Å². The van der Waals surface area contributed by atoms with Gasteiger partial charge in [-0.1, -0.05) is 38.1 Å². The van der Waals surface area contributed by atoms with E-state index in [1.165, 1.54) is 11.3 Å². The van der Waals surface area contributed by atoms with E-state index in [1.54, 1.807) is 17.5 Å². The molecule has 0 bridgehead atoms. The van der Waals surface area contributed by atoms with Crippen LogP contribution in [-0.4, -0.2) is 18.5 Å². The fourth-order valence-corrected chi connectivity index (χ4v) is 2.79. The molecule has 4 nitrogen and oxygen atoms in total. The number of anilines is 1. The lowest BCUT2D eigenvalue weighted by Gasteiger charge is -2.14. The van der Waals surface area contributed by atoms with Crippen molar-refractivity contribution < 1.29 is 14.3 Å². The number of carbonyl (C=O) groups excluding carboxylic acids is 2. The molecule has 2 aromatic rings. The number of hydrogen-bond donors (Lipinski definition) is 1. The van der Waals surface area contributed by atoms with Gasteiger partial charge >= 0.3 is 5.97 Å². The summed E-state index contributed by atoms with van der Waals surface area (Å²) in [6.45, 7) is 3.81. The third-order valence-corrected chi connectivity index (χ3v) is 4.17. The van der Waals surface area contributed by atoms with Crippen molar-refractivity contribution in [3.63, 3.8) is 0 Å². The summed E-state index contributed by atoms with van der Waals surface area (Å²) in [5.74, 6) is -0.787. The third-order valence-electron chi connectivity index (χ3n) is 3.32. The van der Waals surface area contributed by atoms with Crippen molar-refractivity contribution in [3.8, 4) is 0 Å². The van der Waals surface area contributed by atoms with Crippen LogP contribution in [0.25, 0.3) is 0 Å². The van der Waals surface area contributed by atoms with Gasteiger partial charge in [-0.3, -0.25) is 4.79 Å². The Bertz CT molecular complexity index is 628. The Morgan fingerprint density at radius 1 is 1.09 bits per heavy atom. The molecule has 5 heteroatoms. The van der Waals surface area contributed by atoms with Crippen molar-refractivity contribution in [2.45, 2.75) is 26.7 Å². The predicted octanol–water partition coefficient (Wildman–Crippen LogP) is 3.67. The first kappa shape index (κ1) is 16.2. The monoisotopic (exact) mass is 317 g/mol. The number of para-hydroxylation sites is 1. The molecule has 1 aromatic heterocycles. The highest BCUT2D eigenvalue weighted by atomic mass is 32.1. The number of ether oxygens (including phenoxy) is 1. The first-order chi connectivity index (χ1) is 10.7. The second-order valence-electron chi connectivity index (χ2n) is 4.76. The van der Waals surface area contributed by atoms with Gasteiger partial charge < -0.3 is 10.1 Å². The maximum Gasteiger partial charge on any atom is 0.348 e. The summed E-state index contributed by atoms with van der Waals surface area (Å²) in [5, 5.41) is 4.66. The molecule has 0 unspecified atom stereocenters. The normalized spacial score (nSPS) is 10.3. The van der Waals surface area contributed by atoms with Crippen molar-refractivity contribution >= 4 is 28.9 Å². The van der Waals surface area contributed by atoms with E-state index >= 15 is 0 Å². The summed E-state index contributed by atoms with van der Waals surface area (Å²) < 4.78 is 5.03. The summed E-state index contributed by atoms with van der Waals surface area (Å²) in [7, 11) is 0. The van der Waals surface area contributed by atoms with Crippen LogP contribution >= 0.6 is 11.3 Å². The van der Waals surface area contributed by atoms with E-state index in [0.29, 0.717) is 4.88 Å². The molecule has 1 heterocycles. The minimum atomic E-state index is -0.468. The van der Waals surface area contributed by atoms with E-state index in [1.807, 2.05) is 32.0 Å². The minimum absolute atomic E-state index is 0.280. The zero-order valence-corrected chi connectivity index (χ0v) is 13.5. The number of rotatable bonds is 6. The van der Waals surface area contributed by atoms with Crippen molar-refractivity contribution in [2.24, 2.45) is 0 Å². The molecule has 0 atom stereocenters. The Morgan fingerprint density at radius 2 is 1.77 bits per heavy atom. The molecule has 1 N–H and O–H groups in total. The first-order valence-electron chi connectivity index (χ1n) is 7.27. The average Bonchev–Trinajstić information content (AvgIpc) is 3.07. The van der Waals surface area contributed by atoms with Crippen LogP contribution in [0.1, 0.15) is 34.6 Å². The van der Waals surface area contributed by atoms with Gasteiger partial charge in [0.1, 0.15) is 4.88 Å². The maximum atomic E-state index is 12.0. The van der Waals surface area contributed by atoms with Gasteiger partial charge in [0.25, 0.3) is 5.91 Å². The number of benzene rings is 1. The standard InChI is InChI=1S/C17H19NO3S/c1-3-12-7-5-8-13(4-2)16(12)18-15(19)11-21-17(20)14-9-6-10-22-14/h5-10H,3-4,11H2,1-2H3,(H,18,19). The Kier molecular flexibility index (Phi) is 5.72. The van der Waals surface area contributed by atoms with E-state index in [4.69, 9.17) is 4.74 Å². The van der Waals surface area contributed by atoms with Crippen LogP contribution in [0.3, 0.4) is 0 Å². The highest BCUT2D eigenvalue weighted by molar-refractivity contribution is 7.11. The van der Waals surface area contributed by atoms with Crippen LogP contribution in [0.5, 0.6) is 0 Å². The van der Waals surface area contributed by atoms with E-state index in [-0.39, 0.29) is 12.5 Å². The summed E-state index contributed by atoms with van der Waals surface area (Å²) in [6, 6.07) is 9.42. The molecule has 0 saturated heterocycles. The number of amides is 1. The molecule has 0 aliphatic rings. The van der Waals surface area contributed by atoms with Gasteiger partial charge in [0, 0.05) is 5.69 Å². The number of hydrogen-bond acceptors (Lipinski definition) is 4. The molecule has 0 aliphatic heterocycles. The molecule has 0 aliphatic carbocycles. The average molecular weight is 317 g/mol. The molecule has 1 amide bonds. The zero-order valence-electron chi connectivity index (χ0n) is 12.7. The van der Waals surface area contributed by atoms with E-state index in [2.05, 4.69) is 5.32 Å². The Labute approximate surface area is 134 Å². The molecule has 0 fully saturated rings. The van der Waals surface area contributed by atoms with Crippen molar-refractivity contribution in [1.29, 1.82) is 0 Å². The van der Waals surface area contributed by atoms with Gasteiger partial charge in [0.2, 0.25) is 0 Å². The van der Waals surface area contributed by atoms with Gasteiger partial charge in [0.15, 0.2) is 6.61 Å². The number of carbonyl (C=O) groups is 2. The van der Waals surface area contributed by atoms with Gasteiger partial charge in [-0.05, 0) is 35.4 Å². The lowest BCUT2D eigenvalue weighted by Crippen LogP contribution is -2.22. The lowest BCUT2D eigenvalue weighted by atomic mass is 10.0. The summed E-state index contributed by atoms with van der Waals surface area (Å²) in [6.07, 6.45) is 1.66. The number of nitrogens with one attached hydrogen (secondary N) is 1. The highest BCUT2D eigenvalue weighted by Gasteiger charge is 2.13. The summed E-state index contributed by atoms with van der Waals surface area (Å²) in [4.78, 5) is 24.3. The number of esters is 1. The largest absolute Gasteiger partial charge is 0.451 e. The zero-order chi connectivity index (χ0) is 15.9. The molecule has 0 saturated carbocycles. The highest BCUT2D eigenvalue weighted by Crippen LogP contribution is 2.22. The molecular weight excluding hydrogens is 298 g/mol. The van der Waals surface area contributed by atoms with E-state index in [9.17, 15) is 9.59 Å². The van der Waals surface area contributed by atoms with Gasteiger partial charge in [-0.15, -0.1) is 11.3 Å². The van der Waals surface area contributed by atoms with Crippen molar-refractivity contribution in [1.82, 2.24) is 0 Å². The smallest absolute Gasteiger partial charge is 0.348 e. The summed E-state index contributed by atoms with van der Waals surface area (Å²) >= 11 is 1.29. The third kappa shape index (κ3) is 3.95. The molecule has 0 spiro atoms. The Morgan fingerprint density at radius 3 is 2.32 bits per heavy atom. The fraction of sp³-hybridized carbons (Fsp3) is 0.294. The topological polar surface area (TPSA) is 55.4 Å². The Hall–Kier alpha value is -2.14. The van der Waals surface area contributed by atoms with Crippen LogP contribution in [0.4, 0.5) is 5.69 Å².